The van der Waals surface area contributed by atoms with Crippen LogP contribution in [0.3, 0.4) is 0 Å². The molecule has 0 fully saturated rings. The second-order valence-corrected chi connectivity index (χ2v) is 7.16. The Balaban J connectivity index is 1.18. The third-order valence-electron chi connectivity index (χ3n) is 4.85. The van der Waals surface area contributed by atoms with Gasteiger partial charge in [-0.05, 0) is 29.8 Å². The Labute approximate surface area is 187 Å². The van der Waals surface area contributed by atoms with Gasteiger partial charge in [-0.15, -0.1) is 14.6 Å². The summed E-state index contributed by atoms with van der Waals surface area (Å²) in [7, 11) is 0. The molecular formula is C23H19FN6O3. The van der Waals surface area contributed by atoms with Gasteiger partial charge in [-0.25, -0.2) is 0 Å². The Morgan fingerprint density at radius 3 is 2.55 bits per heavy atom. The minimum atomic E-state index is -0.975. The SMILES string of the molecule is Fc1nc(COCCOc2ccc(Cc3nnc4ccc(-c5ccccc5)nn34)cc2)no1. The van der Waals surface area contributed by atoms with Crippen LogP contribution in [0.5, 0.6) is 5.75 Å². The maximum atomic E-state index is 12.6. The number of halogens is 1. The first-order chi connectivity index (χ1) is 16.2. The van der Waals surface area contributed by atoms with Crippen molar-refractivity contribution in [3.05, 3.63) is 90.1 Å². The number of rotatable bonds is 9. The second-order valence-electron chi connectivity index (χ2n) is 7.16. The van der Waals surface area contributed by atoms with E-state index in [2.05, 4.69) is 24.9 Å². The summed E-state index contributed by atoms with van der Waals surface area (Å²) in [6.45, 7) is 0.696. The van der Waals surface area contributed by atoms with Crippen molar-refractivity contribution in [1.29, 1.82) is 0 Å². The Bertz CT molecular complexity index is 1340. The van der Waals surface area contributed by atoms with E-state index in [0.717, 1.165) is 22.6 Å². The normalized spacial score (nSPS) is 11.2. The molecule has 9 nitrogen and oxygen atoms in total. The molecule has 0 bridgehead atoms. The zero-order valence-electron chi connectivity index (χ0n) is 17.5. The largest absolute Gasteiger partial charge is 0.491 e. The summed E-state index contributed by atoms with van der Waals surface area (Å²) in [5.74, 6) is 1.62. The van der Waals surface area contributed by atoms with Gasteiger partial charge in [-0.3, -0.25) is 0 Å². The summed E-state index contributed by atoms with van der Waals surface area (Å²) in [6, 6.07) is 21.6. The van der Waals surface area contributed by atoms with Crippen molar-refractivity contribution in [1.82, 2.24) is 30.0 Å². The van der Waals surface area contributed by atoms with Gasteiger partial charge in [0.05, 0.1) is 12.3 Å². The van der Waals surface area contributed by atoms with Crippen molar-refractivity contribution in [2.24, 2.45) is 0 Å². The fraction of sp³-hybridized carbons (Fsp3) is 0.174. The van der Waals surface area contributed by atoms with E-state index in [1.165, 1.54) is 0 Å². The van der Waals surface area contributed by atoms with E-state index in [4.69, 9.17) is 14.6 Å². The first-order valence-electron chi connectivity index (χ1n) is 10.3. The van der Waals surface area contributed by atoms with Gasteiger partial charge in [0.2, 0.25) is 0 Å². The van der Waals surface area contributed by atoms with Crippen molar-refractivity contribution < 1.29 is 18.4 Å². The van der Waals surface area contributed by atoms with E-state index in [1.54, 1.807) is 4.52 Å². The van der Waals surface area contributed by atoms with E-state index in [0.29, 0.717) is 31.0 Å². The van der Waals surface area contributed by atoms with Crippen molar-refractivity contribution in [3.8, 4) is 17.0 Å². The van der Waals surface area contributed by atoms with Crippen molar-refractivity contribution >= 4 is 5.65 Å². The number of ether oxygens (including phenoxy) is 2. The molecule has 10 heteroatoms. The highest BCUT2D eigenvalue weighted by atomic mass is 19.1. The average Bonchev–Trinajstić information content (AvgIpc) is 3.46. The van der Waals surface area contributed by atoms with Crippen LogP contribution in [-0.2, 0) is 17.8 Å². The Hall–Kier alpha value is -4.18. The van der Waals surface area contributed by atoms with Gasteiger partial charge in [0.15, 0.2) is 17.3 Å². The number of hydrogen-bond acceptors (Lipinski definition) is 8. The van der Waals surface area contributed by atoms with Gasteiger partial charge in [0.25, 0.3) is 0 Å². The van der Waals surface area contributed by atoms with Crippen molar-refractivity contribution in [2.45, 2.75) is 13.0 Å². The maximum absolute atomic E-state index is 12.6. The van der Waals surface area contributed by atoms with Crippen LogP contribution in [0, 0.1) is 6.14 Å². The van der Waals surface area contributed by atoms with E-state index < -0.39 is 6.14 Å². The molecule has 0 aliphatic carbocycles. The number of aromatic nitrogens is 6. The van der Waals surface area contributed by atoms with Crippen LogP contribution in [0.2, 0.25) is 0 Å². The molecule has 0 saturated heterocycles. The second kappa shape index (κ2) is 9.53. The highest BCUT2D eigenvalue weighted by Gasteiger charge is 2.10. The first-order valence-corrected chi connectivity index (χ1v) is 10.3. The monoisotopic (exact) mass is 446 g/mol. The topological polar surface area (TPSA) is 100 Å². The number of hydrogen-bond donors (Lipinski definition) is 0. The summed E-state index contributed by atoms with van der Waals surface area (Å²) >= 11 is 0. The molecule has 3 aromatic heterocycles. The average molecular weight is 446 g/mol. The molecule has 0 N–H and O–H groups in total. The van der Waals surface area contributed by atoms with Crippen molar-refractivity contribution in [3.63, 3.8) is 0 Å². The van der Waals surface area contributed by atoms with Crippen LogP contribution < -0.4 is 4.74 Å². The quantitative estimate of drug-likeness (QED) is 0.317. The van der Waals surface area contributed by atoms with E-state index in [9.17, 15) is 4.39 Å². The van der Waals surface area contributed by atoms with Gasteiger partial charge in [0.1, 0.15) is 19.0 Å². The predicted molar refractivity (Wildman–Crippen MR) is 115 cm³/mol. The van der Waals surface area contributed by atoms with E-state index >= 15 is 0 Å². The molecule has 2 aromatic carbocycles. The van der Waals surface area contributed by atoms with Crippen molar-refractivity contribution in [2.75, 3.05) is 13.2 Å². The highest BCUT2D eigenvalue weighted by molar-refractivity contribution is 5.59. The summed E-state index contributed by atoms with van der Waals surface area (Å²) in [4.78, 5) is 3.42. The molecule has 0 atom stereocenters. The molecule has 33 heavy (non-hydrogen) atoms. The molecule has 0 aliphatic heterocycles. The number of fused-ring (bicyclic) bond motifs is 1. The van der Waals surface area contributed by atoms with Gasteiger partial charge in [-0.2, -0.15) is 14.6 Å². The lowest BCUT2D eigenvalue weighted by Gasteiger charge is -2.07. The lowest BCUT2D eigenvalue weighted by Crippen LogP contribution is -2.07. The van der Waals surface area contributed by atoms with Crippen LogP contribution in [0.25, 0.3) is 16.9 Å². The third kappa shape index (κ3) is 5.01. The molecule has 0 radical (unpaired) electrons. The minimum absolute atomic E-state index is 0.0576. The Kier molecular flexibility index (Phi) is 5.98. The molecule has 0 spiro atoms. The molecule has 3 heterocycles. The Morgan fingerprint density at radius 2 is 1.76 bits per heavy atom. The first kappa shape index (κ1) is 20.7. The van der Waals surface area contributed by atoms with Crippen LogP contribution in [-0.4, -0.2) is 43.2 Å². The zero-order chi connectivity index (χ0) is 22.5. The zero-order valence-corrected chi connectivity index (χ0v) is 17.5. The third-order valence-corrected chi connectivity index (χ3v) is 4.85. The Morgan fingerprint density at radius 1 is 0.909 bits per heavy atom. The molecule has 5 aromatic rings. The van der Waals surface area contributed by atoms with Crippen LogP contribution in [0.4, 0.5) is 4.39 Å². The predicted octanol–water partition coefficient (Wildman–Crippen LogP) is 3.50. The van der Waals surface area contributed by atoms with E-state index in [-0.39, 0.29) is 12.4 Å². The summed E-state index contributed by atoms with van der Waals surface area (Å²) in [6.07, 6.45) is -0.395. The smallest absolute Gasteiger partial charge is 0.405 e. The number of nitrogens with zero attached hydrogens (tertiary/aromatic N) is 6. The molecule has 166 valence electrons. The summed E-state index contributed by atoms with van der Waals surface area (Å²) in [5, 5.41) is 16.7. The lowest BCUT2D eigenvalue weighted by atomic mass is 10.1. The molecule has 5 rings (SSSR count). The summed E-state index contributed by atoms with van der Waals surface area (Å²) in [5.41, 5.74) is 3.65. The summed E-state index contributed by atoms with van der Waals surface area (Å²) < 4.78 is 29.6. The van der Waals surface area contributed by atoms with Crippen LogP contribution >= 0.6 is 0 Å². The van der Waals surface area contributed by atoms with Gasteiger partial charge < -0.3 is 14.0 Å². The standard InChI is InChI=1S/C23H19FN6O3/c24-23-25-20(29-33-23)15-31-12-13-32-18-8-6-16(7-9-18)14-22-27-26-21-11-10-19(28-30(21)22)17-4-2-1-3-5-17/h1-11H,12-15H2. The number of benzene rings is 2. The highest BCUT2D eigenvalue weighted by Crippen LogP contribution is 2.18. The molecule has 0 amide bonds. The van der Waals surface area contributed by atoms with Gasteiger partial charge in [0, 0.05) is 12.0 Å². The lowest BCUT2D eigenvalue weighted by molar-refractivity contribution is 0.0835. The molecule has 0 saturated carbocycles. The van der Waals surface area contributed by atoms with Crippen LogP contribution in [0.15, 0.2) is 71.3 Å². The van der Waals surface area contributed by atoms with Gasteiger partial charge >= 0.3 is 6.14 Å². The minimum Gasteiger partial charge on any atom is -0.491 e. The van der Waals surface area contributed by atoms with Crippen LogP contribution in [0.1, 0.15) is 17.2 Å². The maximum Gasteiger partial charge on any atom is 0.405 e. The molecule has 0 aliphatic rings. The fourth-order valence-corrected chi connectivity index (χ4v) is 3.27. The molecular weight excluding hydrogens is 427 g/mol. The molecule has 0 unspecified atom stereocenters. The fourth-order valence-electron chi connectivity index (χ4n) is 3.27. The van der Waals surface area contributed by atoms with Gasteiger partial charge in [-0.1, -0.05) is 47.6 Å². The van der Waals surface area contributed by atoms with E-state index in [1.807, 2.05) is 66.7 Å².